The maximum absolute atomic E-state index is 11.0. The van der Waals surface area contributed by atoms with E-state index in [4.69, 9.17) is 10.8 Å². The number of carboxylic acid groups (broad SMARTS) is 1. The first-order chi connectivity index (χ1) is 10.1. The summed E-state index contributed by atoms with van der Waals surface area (Å²) in [7, 11) is 0. The molecule has 1 saturated heterocycles. The number of hydrogen-bond donors (Lipinski definition) is 3. The third kappa shape index (κ3) is 1.84. The molecule has 2 aromatic rings. The molecule has 5 rings (SSSR count). The van der Waals surface area contributed by atoms with Crippen LogP contribution in [0.2, 0.25) is 0 Å². The Labute approximate surface area is 122 Å². The molecule has 5 heteroatoms. The average Bonchev–Trinajstić information content (AvgIpc) is 2.91. The van der Waals surface area contributed by atoms with E-state index in [1.54, 1.807) is 0 Å². The molecule has 21 heavy (non-hydrogen) atoms. The lowest BCUT2D eigenvalue weighted by molar-refractivity contribution is -0.138. The van der Waals surface area contributed by atoms with Gasteiger partial charge in [-0.3, -0.25) is 4.79 Å². The van der Waals surface area contributed by atoms with E-state index in [1.807, 2.05) is 12.1 Å². The highest BCUT2D eigenvalue weighted by Gasteiger charge is 2.34. The molecule has 110 valence electrons. The number of nitrogens with zero attached hydrogens (tertiary/aromatic N) is 1. The highest BCUT2D eigenvalue weighted by Crippen LogP contribution is 2.46. The molecule has 4 N–H and O–H groups in total. The molecular formula is C16H19N3O2. The lowest BCUT2D eigenvalue weighted by atomic mass is 9.84. The van der Waals surface area contributed by atoms with E-state index in [0.29, 0.717) is 12.3 Å². The smallest absolute Gasteiger partial charge is 0.320 e. The van der Waals surface area contributed by atoms with Gasteiger partial charge in [0, 0.05) is 30.5 Å². The van der Waals surface area contributed by atoms with Gasteiger partial charge in [0.1, 0.15) is 11.9 Å². The summed E-state index contributed by atoms with van der Waals surface area (Å²) in [6, 6.07) is 5.28. The van der Waals surface area contributed by atoms with E-state index in [2.05, 4.69) is 16.0 Å². The second-order valence-corrected chi connectivity index (χ2v) is 6.14. The first-order valence-electron chi connectivity index (χ1n) is 7.52. The molecule has 1 unspecified atom stereocenters. The number of piperidine rings is 1. The largest absolute Gasteiger partial charge is 0.480 e. The van der Waals surface area contributed by atoms with Gasteiger partial charge >= 0.3 is 5.97 Å². The number of benzene rings is 1. The fourth-order valence-corrected chi connectivity index (χ4v) is 3.83. The Morgan fingerprint density at radius 2 is 2.19 bits per heavy atom. The van der Waals surface area contributed by atoms with E-state index < -0.39 is 12.0 Å². The van der Waals surface area contributed by atoms with Crippen molar-refractivity contribution in [1.29, 1.82) is 0 Å². The van der Waals surface area contributed by atoms with Crippen LogP contribution < -0.4 is 10.6 Å². The molecule has 0 spiro atoms. The number of aromatic amines is 1. The lowest BCUT2D eigenvalue weighted by Gasteiger charge is -2.40. The summed E-state index contributed by atoms with van der Waals surface area (Å²) in [6.07, 6.45) is 2.80. The lowest BCUT2D eigenvalue weighted by Crippen LogP contribution is -2.38. The van der Waals surface area contributed by atoms with E-state index in [0.717, 1.165) is 24.2 Å². The van der Waals surface area contributed by atoms with Crippen LogP contribution in [-0.2, 0) is 11.2 Å². The van der Waals surface area contributed by atoms with Crippen LogP contribution in [0.25, 0.3) is 10.9 Å². The van der Waals surface area contributed by atoms with Crippen molar-refractivity contribution in [3.63, 3.8) is 0 Å². The minimum Gasteiger partial charge on any atom is -0.480 e. The van der Waals surface area contributed by atoms with Gasteiger partial charge in [-0.1, -0.05) is 18.2 Å². The van der Waals surface area contributed by atoms with E-state index in [-0.39, 0.29) is 0 Å². The summed E-state index contributed by atoms with van der Waals surface area (Å²) in [5, 5.41) is 10.3. The minimum atomic E-state index is -0.952. The SMILES string of the molecule is NC(Cc1cccc2c3c([nH]c12)N1CCC3CC1)C(=O)O. The molecule has 0 radical (unpaired) electrons. The predicted molar refractivity (Wildman–Crippen MR) is 81.8 cm³/mol. The molecule has 1 aromatic carbocycles. The number of carboxylic acids is 1. The molecule has 3 aliphatic heterocycles. The van der Waals surface area contributed by atoms with Gasteiger partial charge in [-0.15, -0.1) is 0 Å². The predicted octanol–water partition coefficient (Wildman–Crippen LogP) is 1.82. The van der Waals surface area contributed by atoms with Crippen LogP contribution in [0.5, 0.6) is 0 Å². The van der Waals surface area contributed by atoms with Crippen molar-refractivity contribution in [3.8, 4) is 0 Å². The Morgan fingerprint density at radius 1 is 1.43 bits per heavy atom. The molecule has 3 aliphatic rings. The van der Waals surface area contributed by atoms with Crippen molar-refractivity contribution >= 4 is 22.7 Å². The second-order valence-electron chi connectivity index (χ2n) is 6.14. The zero-order valence-corrected chi connectivity index (χ0v) is 11.8. The highest BCUT2D eigenvalue weighted by molar-refractivity contribution is 5.93. The van der Waals surface area contributed by atoms with Crippen molar-refractivity contribution in [2.45, 2.75) is 31.2 Å². The normalized spacial score (nSPS) is 19.0. The van der Waals surface area contributed by atoms with Crippen molar-refractivity contribution in [1.82, 2.24) is 4.98 Å². The Kier molecular flexibility index (Phi) is 2.72. The van der Waals surface area contributed by atoms with Crippen LogP contribution in [0, 0.1) is 0 Å². The average molecular weight is 285 g/mol. The van der Waals surface area contributed by atoms with Gasteiger partial charge in [0.25, 0.3) is 0 Å². The number of aliphatic carboxylic acids is 1. The van der Waals surface area contributed by atoms with Crippen molar-refractivity contribution in [3.05, 3.63) is 29.3 Å². The number of nitrogens with two attached hydrogens (primary N) is 1. The van der Waals surface area contributed by atoms with Crippen molar-refractivity contribution in [2.24, 2.45) is 5.73 Å². The summed E-state index contributed by atoms with van der Waals surface area (Å²) in [6.45, 7) is 2.24. The first-order valence-corrected chi connectivity index (χ1v) is 7.52. The van der Waals surface area contributed by atoms with Crippen LogP contribution in [0.1, 0.15) is 29.9 Å². The molecule has 0 aliphatic carbocycles. The van der Waals surface area contributed by atoms with Crippen LogP contribution >= 0.6 is 0 Å². The minimum absolute atomic E-state index is 0.358. The monoisotopic (exact) mass is 285 g/mol. The maximum Gasteiger partial charge on any atom is 0.320 e. The second kappa shape index (κ2) is 4.49. The van der Waals surface area contributed by atoms with E-state index >= 15 is 0 Å². The first kappa shape index (κ1) is 12.7. The van der Waals surface area contributed by atoms with E-state index in [9.17, 15) is 4.79 Å². The number of carbonyl (C=O) groups is 1. The summed E-state index contributed by atoms with van der Waals surface area (Å²) < 4.78 is 0. The number of fused-ring (bicyclic) bond motifs is 3. The molecule has 0 amide bonds. The fourth-order valence-electron chi connectivity index (χ4n) is 3.83. The van der Waals surface area contributed by atoms with Crippen molar-refractivity contribution in [2.75, 3.05) is 18.0 Å². The highest BCUT2D eigenvalue weighted by atomic mass is 16.4. The van der Waals surface area contributed by atoms with Gasteiger partial charge < -0.3 is 20.7 Å². The molecule has 1 aromatic heterocycles. The Morgan fingerprint density at radius 3 is 2.90 bits per heavy atom. The number of anilines is 1. The van der Waals surface area contributed by atoms with Gasteiger partial charge in [0.2, 0.25) is 0 Å². The van der Waals surface area contributed by atoms with Crippen LogP contribution in [-0.4, -0.2) is 35.2 Å². The van der Waals surface area contributed by atoms with E-state index in [1.165, 1.54) is 29.6 Å². The number of nitrogens with one attached hydrogen (secondary N) is 1. The summed E-state index contributed by atoms with van der Waals surface area (Å²) in [5.41, 5.74) is 9.19. The number of hydrogen-bond acceptors (Lipinski definition) is 3. The third-order valence-electron chi connectivity index (χ3n) is 4.92. The van der Waals surface area contributed by atoms with Crippen molar-refractivity contribution < 1.29 is 9.90 Å². The molecule has 0 saturated carbocycles. The third-order valence-corrected chi connectivity index (χ3v) is 4.92. The van der Waals surface area contributed by atoms with Crippen LogP contribution in [0.4, 0.5) is 5.82 Å². The van der Waals surface area contributed by atoms with Gasteiger partial charge in [0.05, 0.1) is 5.52 Å². The van der Waals surface area contributed by atoms with Gasteiger partial charge in [-0.25, -0.2) is 0 Å². The Balaban J connectivity index is 1.84. The zero-order chi connectivity index (χ0) is 14.6. The Bertz CT molecular complexity index is 714. The van der Waals surface area contributed by atoms with Crippen LogP contribution in [0.15, 0.2) is 18.2 Å². The van der Waals surface area contributed by atoms with Gasteiger partial charge in [-0.2, -0.15) is 0 Å². The molecule has 2 bridgehead atoms. The van der Waals surface area contributed by atoms with Gasteiger partial charge in [0.15, 0.2) is 0 Å². The number of aromatic nitrogens is 1. The standard InChI is InChI=1S/C16H19N3O2/c17-12(16(20)21)8-10-2-1-3-11-13-9-4-6-19(7-5-9)15(13)18-14(10)11/h1-3,9,12,18H,4-8,17H2,(H,20,21). The quantitative estimate of drug-likeness (QED) is 0.803. The summed E-state index contributed by atoms with van der Waals surface area (Å²) >= 11 is 0. The number of H-pyrrole nitrogens is 1. The zero-order valence-electron chi connectivity index (χ0n) is 11.8. The number of para-hydroxylation sites is 1. The molecule has 1 atom stereocenters. The topological polar surface area (TPSA) is 82.4 Å². The maximum atomic E-state index is 11.0. The molecular weight excluding hydrogens is 266 g/mol. The summed E-state index contributed by atoms with van der Waals surface area (Å²) in [5.74, 6) is 0.929. The summed E-state index contributed by atoms with van der Waals surface area (Å²) in [4.78, 5) is 17.0. The molecule has 5 nitrogen and oxygen atoms in total. The molecule has 1 fully saturated rings. The van der Waals surface area contributed by atoms with Gasteiger partial charge in [-0.05, 0) is 24.3 Å². The number of rotatable bonds is 3. The fraction of sp³-hybridized carbons (Fsp3) is 0.438. The Hall–Kier alpha value is -2.01. The van der Waals surface area contributed by atoms with Crippen LogP contribution in [0.3, 0.4) is 0 Å². The molecule has 4 heterocycles.